The van der Waals surface area contributed by atoms with Gasteiger partial charge in [-0.15, -0.1) is 0 Å². The fourth-order valence-corrected chi connectivity index (χ4v) is 1.84. The van der Waals surface area contributed by atoms with Crippen LogP contribution >= 0.6 is 0 Å². The van der Waals surface area contributed by atoms with Gasteiger partial charge in [-0.25, -0.2) is 0 Å². The van der Waals surface area contributed by atoms with Gasteiger partial charge in [-0.05, 0) is 12.8 Å². The van der Waals surface area contributed by atoms with Gasteiger partial charge >= 0.3 is 0 Å². The summed E-state index contributed by atoms with van der Waals surface area (Å²) in [6.45, 7) is -0.0182. The standard InChI is InChI=1S/C10H18N4O4/c11-7(15)5-14(6-8(12)16)9(17)10(13)1-3-18-4-2-10/h1-6,13H2,(H2,11,15)(H2,12,16). The monoisotopic (exact) mass is 258 g/mol. The van der Waals surface area contributed by atoms with E-state index in [1.54, 1.807) is 0 Å². The lowest BCUT2D eigenvalue weighted by atomic mass is 9.89. The molecule has 1 aliphatic rings. The van der Waals surface area contributed by atoms with E-state index in [1.165, 1.54) is 0 Å². The van der Waals surface area contributed by atoms with Crippen LogP contribution in [0.5, 0.6) is 0 Å². The van der Waals surface area contributed by atoms with Gasteiger partial charge in [0.25, 0.3) is 0 Å². The van der Waals surface area contributed by atoms with Gasteiger partial charge < -0.3 is 26.8 Å². The number of hydrogen-bond donors (Lipinski definition) is 3. The Hall–Kier alpha value is -1.67. The molecule has 1 heterocycles. The van der Waals surface area contributed by atoms with Gasteiger partial charge in [-0.3, -0.25) is 14.4 Å². The van der Waals surface area contributed by atoms with E-state index >= 15 is 0 Å². The van der Waals surface area contributed by atoms with E-state index in [-0.39, 0.29) is 13.1 Å². The highest BCUT2D eigenvalue weighted by Gasteiger charge is 2.39. The van der Waals surface area contributed by atoms with Gasteiger partial charge in [0.05, 0.1) is 18.6 Å². The van der Waals surface area contributed by atoms with E-state index in [4.69, 9.17) is 21.9 Å². The van der Waals surface area contributed by atoms with Crippen molar-refractivity contribution < 1.29 is 19.1 Å². The summed E-state index contributed by atoms with van der Waals surface area (Å²) in [5, 5.41) is 0. The van der Waals surface area contributed by atoms with Crippen LogP contribution in [0.25, 0.3) is 0 Å². The zero-order valence-electron chi connectivity index (χ0n) is 10.1. The highest BCUT2D eigenvalue weighted by atomic mass is 16.5. The Kier molecular flexibility index (Phi) is 4.62. The maximum atomic E-state index is 12.2. The maximum Gasteiger partial charge on any atom is 0.243 e. The molecule has 0 aromatic heterocycles. The van der Waals surface area contributed by atoms with Crippen LogP contribution in [0, 0.1) is 0 Å². The van der Waals surface area contributed by atoms with Crippen LogP contribution in [-0.4, -0.2) is 54.5 Å². The highest BCUT2D eigenvalue weighted by molar-refractivity contribution is 5.92. The number of nitrogens with zero attached hydrogens (tertiary/aromatic N) is 1. The molecule has 0 bridgehead atoms. The Labute approximate surface area is 104 Å². The van der Waals surface area contributed by atoms with Crippen LogP contribution < -0.4 is 17.2 Å². The maximum absolute atomic E-state index is 12.2. The fourth-order valence-electron chi connectivity index (χ4n) is 1.84. The number of hydrogen-bond acceptors (Lipinski definition) is 5. The summed E-state index contributed by atoms with van der Waals surface area (Å²) in [6.07, 6.45) is 0.666. The molecule has 0 aromatic rings. The summed E-state index contributed by atoms with van der Waals surface area (Å²) in [4.78, 5) is 35.0. The van der Waals surface area contributed by atoms with Crippen LogP contribution in [-0.2, 0) is 19.1 Å². The molecule has 0 spiro atoms. The van der Waals surface area contributed by atoms with Gasteiger partial charge in [0.2, 0.25) is 17.7 Å². The molecule has 0 unspecified atom stereocenters. The zero-order chi connectivity index (χ0) is 13.8. The van der Waals surface area contributed by atoms with E-state index < -0.39 is 23.3 Å². The van der Waals surface area contributed by atoms with Crippen molar-refractivity contribution in [3.05, 3.63) is 0 Å². The van der Waals surface area contributed by atoms with Crippen LogP contribution in [0.2, 0.25) is 0 Å². The van der Waals surface area contributed by atoms with Crippen molar-refractivity contribution in [2.45, 2.75) is 18.4 Å². The first-order valence-corrected chi connectivity index (χ1v) is 5.58. The van der Waals surface area contributed by atoms with Crippen molar-refractivity contribution in [3.8, 4) is 0 Å². The minimum atomic E-state index is -1.12. The van der Waals surface area contributed by atoms with Crippen molar-refractivity contribution in [1.82, 2.24) is 4.90 Å². The molecule has 8 nitrogen and oxygen atoms in total. The number of rotatable bonds is 5. The topological polar surface area (TPSA) is 142 Å². The van der Waals surface area contributed by atoms with Crippen LogP contribution in [0.4, 0.5) is 0 Å². The molecule has 0 aromatic carbocycles. The first-order valence-electron chi connectivity index (χ1n) is 5.58. The normalized spacial score (nSPS) is 18.1. The summed E-state index contributed by atoms with van der Waals surface area (Å²) in [7, 11) is 0. The molecule has 102 valence electrons. The summed E-state index contributed by atoms with van der Waals surface area (Å²) in [5.74, 6) is -1.94. The van der Waals surface area contributed by atoms with Gasteiger partial charge in [0.15, 0.2) is 0 Å². The Bertz CT molecular complexity index is 336. The number of nitrogens with two attached hydrogens (primary N) is 3. The minimum Gasteiger partial charge on any atom is -0.381 e. The quantitative estimate of drug-likeness (QED) is 0.491. The molecule has 8 heteroatoms. The van der Waals surface area contributed by atoms with Crippen molar-refractivity contribution in [3.63, 3.8) is 0 Å². The molecule has 3 amide bonds. The van der Waals surface area contributed by atoms with E-state index in [2.05, 4.69) is 0 Å². The first kappa shape index (κ1) is 14.4. The van der Waals surface area contributed by atoms with Gasteiger partial charge in [0, 0.05) is 13.2 Å². The van der Waals surface area contributed by atoms with Crippen molar-refractivity contribution in [2.24, 2.45) is 17.2 Å². The molecular weight excluding hydrogens is 240 g/mol. The number of primary amides is 2. The largest absolute Gasteiger partial charge is 0.381 e. The second-order valence-electron chi connectivity index (χ2n) is 4.36. The fraction of sp³-hybridized carbons (Fsp3) is 0.700. The third-order valence-electron chi connectivity index (χ3n) is 2.79. The molecule has 1 saturated heterocycles. The highest BCUT2D eigenvalue weighted by Crippen LogP contribution is 2.20. The summed E-state index contributed by atoms with van der Waals surface area (Å²) < 4.78 is 5.12. The number of ether oxygens (including phenoxy) is 1. The third kappa shape index (κ3) is 3.67. The van der Waals surface area contributed by atoms with E-state index in [1.807, 2.05) is 0 Å². The average molecular weight is 258 g/mol. The van der Waals surface area contributed by atoms with E-state index in [9.17, 15) is 14.4 Å². The zero-order valence-corrected chi connectivity index (χ0v) is 10.1. The molecule has 1 fully saturated rings. The first-order chi connectivity index (χ1) is 8.35. The van der Waals surface area contributed by atoms with Gasteiger partial charge in [0.1, 0.15) is 0 Å². The minimum absolute atomic E-state index is 0.333. The predicted molar refractivity (Wildman–Crippen MR) is 61.9 cm³/mol. The molecule has 0 atom stereocenters. The number of amides is 3. The Balaban J connectivity index is 2.79. The van der Waals surface area contributed by atoms with Crippen molar-refractivity contribution in [1.29, 1.82) is 0 Å². The predicted octanol–water partition coefficient (Wildman–Crippen LogP) is -2.71. The second kappa shape index (κ2) is 5.78. The number of carbonyl (C=O) groups is 3. The van der Waals surface area contributed by atoms with Crippen LogP contribution in [0.1, 0.15) is 12.8 Å². The van der Waals surface area contributed by atoms with Crippen molar-refractivity contribution >= 4 is 17.7 Å². The Morgan fingerprint density at radius 2 is 1.50 bits per heavy atom. The lowest BCUT2D eigenvalue weighted by Crippen LogP contribution is -2.60. The molecule has 0 radical (unpaired) electrons. The molecule has 1 rings (SSSR count). The smallest absolute Gasteiger partial charge is 0.243 e. The van der Waals surface area contributed by atoms with E-state index in [0.29, 0.717) is 26.1 Å². The van der Waals surface area contributed by atoms with Crippen LogP contribution in [0.15, 0.2) is 0 Å². The molecular formula is C10H18N4O4. The van der Waals surface area contributed by atoms with Crippen molar-refractivity contribution in [2.75, 3.05) is 26.3 Å². The average Bonchev–Trinajstić information content (AvgIpc) is 2.27. The summed E-state index contributed by atoms with van der Waals surface area (Å²) in [6, 6.07) is 0. The second-order valence-corrected chi connectivity index (χ2v) is 4.36. The van der Waals surface area contributed by atoms with Gasteiger partial charge in [-0.1, -0.05) is 0 Å². The lowest BCUT2D eigenvalue weighted by Gasteiger charge is -2.35. The van der Waals surface area contributed by atoms with Crippen LogP contribution in [0.3, 0.4) is 0 Å². The molecule has 1 aliphatic heterocycles. The lowest BCUT2D eigenvalue weighted by molar-refractivity contribution is -0.145. The van der Waals surface area contributed by atoms with E-state index in [0.717, 1.165) is 4.90 Å². The molecule has 6 N–H and O–H groups in total. The SMILES string of the molecule is NC(=O)CN(CC(N)=O)C(=O)C1(N)CCOCC1. The summed E-state index contributed by atoms with van der Waals surface area (Å²) in [5.41, 5.74) is 14.9. The molecule has 18 heavy (non-hydrogen) atoms. The molecule has 0 aliphatic carbocycles. The number of carbonyl (C=O) groups excluding carboxylic acids is 3. The third-order valence-corrected chi connectivity index (χ3v) is 2.79. The Morgan fingerprint density at radius 1 is 1.06 bits per heavy atom. The van der Waals surface area contributed by atoms with Gasteiger partial charge in [-0.2, -0.15) is 0 Å². The summed E-state index contributed by atoms with van der Waals surface area (Å²) >= 11 is 0. The Morgan fingerprint density at radius 3 is 1.89 bits per heavy atom. The molecule has 0 saturated carbocycles.